The highest BCUT2D eigenvalue weighted by Gasteiger charge is 2.23. The molecular weight excluding hydrogens is 695 g/mol. The van der Waals surface area contributed by atoms with Crippen LogP contribution in [-0.4, -0.2) is 49.0 Å². The van der Waals surface area contributed by atoms with Gasteiger partial charge >= 0.3 is 11.9 Å². The first-order valence-electron chi connectivity index (χ1n) is 14.7. The van der Waals surface area contributed by atoms with Crippen LogP contribution in [0.2, 0.25) is 0 Å². The number of benzene rings is 4. The maximum atomic E-state index is 12.0. The van der Waals surface area contributed by atoms with Gasteiger partial charge in [0.2, 0.25) is 0 Å². The van der Waals surface area contributed by atoms with Gasteiger partial charge in [0.15, 0.2) is 0 Å². The lowest BCUT2D eigenvalue weighted by Gasteiger charge is -2.10. The Morgan fingerprint density at radius 1 is 0.804 bits per heavy atom. The number of esters is 1. The largest absolute Gasteiger partial charge is 0.478 e. The lowest BCUT2D eigenvalue weighted by atomic mass is 9.96. The van der Waals surface area contributed by atoms with E-state index in [1.807, 2.05) is 17.5 Å². The topological polar surface area (TPSA) is 202 Å². The number of nitrogens with two attached hydrogens (primary N) is 1. The Labute approximate surface area is 298 Å². The number of carbonyl (C=O) groups is 2. The van der Waals surface area contributed by atoms with E-state index >= 15 is 0 Å². The molecule has 0 saturated carbocycles. The third-order valence-electron chi connectivity index (χ3n) is 7.45. The number of nitrogens with zero attached hydrogens (tertiary/aromatic N) is 4. The summed E-state index contributed by atoms with van der Waals surface area (Å²) in [6.45, 7) is 0. The van der Waals surface area contributed by atoms with Crippen molar-refractivity contribution in [3.63, 3.8) is 0 Å². The van der Waals surface area contributed by atoms with Crippen molar-refractivity contribution in [1.29, 1.82) is 0 Å². The zero-order chi connectivity index (χ0) is 36.7. The van der Waals surface area contributed by atoms with Gasteiger partial charge in [-0.3, -0.25) is 25.2 Å². The molecule has 0 atom stereocenters. The highest BCUT2D eigenvalue weighted by molar-refractivity contribution is 7.80. The number of nitro benzene ring substituents is 2. The Hall–Kier alpha value is -6.71. The summed E-state index contributed by atoms with van der Waals surface area (Å²) in [5.41, 5.74) is 9.46. The van der Waals surface area contributed by atoms with Crippen molar-refractivity contribution in [3.8, 4) is 44.1 Å². The second-order valence-electron chi connectivity index (χ2n) is 10.5. The molecular formula is C36H25N5O8S2. The number of carboxylic acid groups (broad SMARTS) is 1. The van der Waals surface area contributed by atoms with E-state index in [2.05, 4.69) is 9.97 Å². The van der Waals surface area contributed by atoms with Crippen molar-refractivity contribution in [2.24, 2.45) is 5.73 Å². The molecule has 0 bridgehead atoms. The van der Waals surface area contributed by atoms with E-state index in [0.717, 1.165) is 11.3 Å². The van der Waals surface area contributed by atoms with E-state index in [4.69, 9.17) is 22.7 Å². The van der Waals surface area contributed by atoms with Crippen LogP contribution in [0.1, 0.15) is 26.3 Å². The number of thiocarbonyl (C=S) groups is 1. The predicted molar refractivity (Wildman–Crippen MR) is 196 cm³/mol. The average Bonchev–Trinajstić information content (AvgIpc) is 3.65. The predicted octanol–water partition coefficient (Wildman–Crippen LogP) is 7.83. The van der Waals surface area contributed by atoms with E-state index in [-0.39, 0.29) is 38.6 Å². The van der Waals surface area contributed by atoms with Crippen molar-refractivity contribution in [3.05, 3.63) is 152 Å². The normalized spacial score (nSPS) is 10.4. The molecule has 0 unspecified atom stereocenters. The maximum Gasteiger partial charge on any atom is 0.338 e. The Kier molecular flexibility index (Phi) is 10.9. The van der Waals surface area contributed by atoms with Crippen molar-refractivity contribution in [2.45, 2.75) is 0 Å². The van der Waals surface area contributed by atoms with Gasteiger partial charge in [-0.05, 0) is 36.4 Å². The fraction of sp³-hybridized carbons (Fsp3) is 0.0278. The number of thiazole rings is 1. The molecule has 0 amide bonds. The third-order valence-corrected chi connectivity index (χ3v) is 8.58. The second-order valence-corrected chi connectivity index (χ2v) is 11.8. The van der Waals surface area contributed by atoms with Gasteiger partial charge < -0.3 is 15.6 Å². The molecule has 0 spiro atoms. The van der Waals surface area contributed by atoms with Gasteiger partial charge in [-0.2, -0.15) is 0 Å². The first-order chi connectivity index (χ1) is 24.5. The van der Waals surface area contributed by atoms with E-state index in [1.54, 1.807) is 73.1 Å². The number of hydrogen-bond acceptors (Lipinski definition) is 11. The van der Waals surface area contributed by atoms with Crippen molar-refractivity contribution in [2.75, 3.05) is 7.11 Å². The molecule has 0 aliphatic rings. The lowest BCUT2D eigenvalue weighted by Crippen LogP contribution is -2.12. The summed E-state index contributed by atoms with van der Waals surface area (Å²) in [6.07, 6.45) is 3.39. The smallest absolute Gasteiger partial charge is 0.338 e. The van der Waals surface area contributed by atoms with Gasteiger partial charge in [-0.25, -0.2) is 14.6 Å². The molecule has 6 aromatic rings. The molecule has 0 aliphatic heterocycles. The highest BCUT2D eigenvalue weighted by Crippen LogP contribution is 2.36. The fourth-order valence-electron chi connectivity index (χ4n) is 5.07. The summed E-state index contributed by atoms with van der Waals surface area (Å²) < 4.78 is 4.74. The van der Waals surface area contributed by atoms with Crippen LogP contribution in [0.15, 0.2) is 115 Å². The van der Waals surface area contributed by atoms with Crippen LogP contribution in [0.25, 0.3) is 44.1 Å². The lowest BCUT2D eigenvalue weighted by molar-refractivity contribution is -0.384. The summed E-state index contributed by atoms with van der Waals surface area (Å²) in [5, 5.41) is 34.8. The van der Waals surface area contributed by atoms with Gasteiger partial charge in [-0.15, -0.1) is 11.3 Å². The zero-order valence-electron chi connectivity index (χ0n) is 26.5. The Morgan fingerprint density at radius 2 is 1.41 bits per heavy atom. The molecule has 15 heteroatoms. The van der Waals surface area contributed by atoms with Crippen LogP contribution < -0.4 is 5.73 Å². The minimum absolute atomic E-state index is 0.0186. The van der Waals surface area contributed by atoms with Crippen LogP contribution in [0.3, 0.4) is 0 Å². The molecule has 3 N–H and O–H groups in total. The molecule has 13 nitrogen and oxygen atoms in total. The number of rotatable bonds is 9. The quantitative estimate of drug-likeness (QED) is 0.0635. The van der Waals surface area contributed by atoms with E-state index in [0.29, 0.717) is 27.3 Å². The van der Waals surface area contributed by atoms with E-state index in [1.165, 1.54) is 42.7 Å². The van der Waals surface area contributed by atoms with Gasteiger partial charge in [0, 0.05) is 57.7 Å². The molecule has 0 saturated heterocycles. The molecule has 0 radical (unpaired) electrons. The number of aromatic nitrogens is 2. The van der Waals surface area contributed by atoms with Crippen LogP contribution >= 0.6 is 23.6 Å². The van der Waals surface area contributed by atoms with Gasteiger partial charge in [-0.1, -0.05) is 60.7 Å². The number of ether oxygens (including phenoxy) is 1. The third kappa shape index (κ3) is 7.96. The molecule has 2 heterocycles. The van der Waals surface area contributed by atoms with Crippen LogP contribution in [0.5, 0.6) is 0 Å². The molecule has 51 heavy (non-hydrogen) atoms. The molecule has 4 aromatic carbocycles. The number of carboxylic acids is 1. The SMILES string of the molecule is COC(=O)c1cc(C(N)=S)ccc1-c1ccccc1[N+](=O)[O-].O=C(O)c1cc(-c2nc(-c3cccnc3)cs2)ccc1-c1ccccc1[N+](=O)[O-]. The number of carbonyl (C=O) groups excluding carboxylic acids is 1. The zero-order valence-corrected chi connectivity index (χ0v) is 28.1. The maximum absolute atomic E-state index is 12.0. The van der Waals surface area contributed by atoms with Crippen LogP contribution in [0, 0.1) is 20.2 Å². The minimum Gasteiger partial charge on any atom is -0.478 e. The molecule has 6 rings (SSSR count). The van der Waals surface area contributed by atoms with Gasteiger partial charge in [0.25, 0.3) is 11.4 Å². The molecule has 254 valence electrons. The van der Waals surface area contributed by atoms with E-state index < -0.39 is 21.8 Å². The number of pyridine rings is 1. The fourth-order valence-corrected chi connectivity index (χ4v) is 6.03. The van der Waals surface area contributed by atoms with Crippen molar-refractivity contribution < 1.29 is 29.3 Å². The number of methoxy groups -OCH3 is 1. The molecule has 0 aliphatic carbocycles. The number of nitro groups is 2. The van der Waals surface area contributed by atoms with Crippen molar-refractivity contribution >= 4 is 51.9 Å². The summed E-state index contributed by atoms with van der Waals surface area (Å²) >= 11 is 6.28. The highest BCUT2D eigenvalue weighted by atomic mass is 32.1. The Balaban J connectivity index is 0.000000206. The second kappa shape index (κ2) is 15.7. The van der Waals surface area contributed by atoms with E-state index in [9.17, 15) is 34.9 Å². The van der Waals surface area contributed by atoms with Crippen LogP contribution in [-0.2, 0) is 4.74 Å². The summed E-state index contributed by atoms with van der Waals surface area (Å²) in [4.78, 5) is 54.2. The number of aromatic carboxylic acids is 1. The minimum atomic E-state index is -1.16. The Bertz CT molecular complexity index is 2310. The average molecular weight is 720 g/mol. The molecule has 2 aromatic heterocycles. The number of para-hydroxylation sites is 2. The molecule has 0 fully saturated rings. The summed E-state index contributed by atoms with van der Waals surface area (Å²) in [6, 6.07) is 25.4. The first-order valence-corrected chi connectivity index (χ1v) is 16.0. The monoisotopic (exact) mass is 719 g/mol. The Morgan fingerprint density at radius 3 is 1.96 bits per heavy atom. The number of hydrogen-bond donors (Lipinski definition) is 2. The van der Waals surface area contributed by atoms with Gasteiger partial charge in [0.1, 0.15) is 10.00 Å². The summed E-state index contributed by atoms with van der Waals surface area (Å²) in [5.74, 6) is -1.78. The summed E-state index contributed by atoms with van der Waals surface area (Å²) in [7, 11) is 1.24. The van der Waals surface area contributed by atoms with Crippen molar-refractivity contribution in [1.82, 2.24) is 9.97 Å². The standard InChI is InChI=1S/C21H13N3O4S.C15H12N2O4S/c25-21(26)17-10-13(20-23-18(12-29-20)14-4-3-9-22-11-14)7-8-15(17)16-5-1-2-6-19(16)24(27)28;1-21-15(18)12-8-9(14(16)22)6-7-10(12)11-4-2-3-5-13(11)17(19)20/h1-12H,(H,25,26);2-8H,1H3,(H2,16,22). The van der Waals surface area contributed by atoms with Crippen LogP contribution in [0.4, 0.5) is 11.4 Å². The van der Waals surface area contributed by atoms with Gasteiger partial charge in [0.05, 0.1) is 44.9 Å². The first kappa shape index (κ1) is 35.6.